The summed E-state index contributed by atoms with van der Waals surface area (Å²) >= 11 is 0. The van der Waals surface area contributed by atoms with Crippen LogP contribution in [-0.4, -0.2) is 54.3 Å². The first-order valence-corrected chi connectivity index (χ1v) is 9.80. The van der Waals surface area contributed by atoms with Crippen LogP contribution in [0, 0.1) is 6.92 Å². The third-order valence-electron chi connectivity index (χ3n) is 4.58. The van der Waals surface area contributed by atoms with Crippen molar-refractivity contribution in [1.29, 1.82) is 0 Å². The summed E-state index contributed by atoms with van der Waals surface area (Å²) in [6.45, 7) is 4.14. The van der Waals surface area contributed by atoms with Gasteiger partial charge in [0.2, 0.25) is 0 Å². The number of pyridine rings is 1. The first-order valence-electron chi connectivity index (χ1n) is 8.41. The Labute approximate surface area is 138 Å². The predicted octanol–water partition coefficient (Wildman–Crippen LogP) is 1.96. The minimum absolute atomic E-state index is 0.0975. The van der Waals surface area contributed by atoms with Crippen LogP contribution in [0.3, 0.4) is 0 Å². The molecule has 0 amide bonds. The van der Waals surface area contributed by atoms with E-state index in [2.05, 4.69) is 4.98 Å². The van der Waals surface area contributed by atoms with Crippen molar-refractivity contribution in [2.75, 3.05) is 26.2 Å². The highest BCUT2D eigenvalue weighted by Crippen LogP contribution is 2.24. The molecule has 0 aromatic carbocycles. The zero-order chi connectivity index (χ0) is 16.3. The molecule has 7 heteroatoms. The second-order valence-electron chi connectivity index (χ2n) is 6.29. The van der Waals surface area contributed by atoms with E-state index in [-0.39, 0.29) is 6.10 Å². The van der Waals surface area contributed by atoms with Gasteiger partial charge in [-0.15, -0.1) is 0 Å². The van der Waals surface area contributed by atoms with Crippen molar-refractivity contribution in [2.24, 2.45) is 0 Å². The van der Waals surface area contributed by atoms with Gasteiger partial charge in [-0.1, -0.05) is 12.8 Å². The number of ether oxygens (including phenoxy) is 1. The van der Waals surface area contributed by atoms with Gasteiger partial charge in [0.1, 0.15) is 11.9 Å². The number of aryl methyl sites for hydroxylation is 1. The van der Waals surface area contributed by atoms with Crippen molar-refractivity contribution in [2.45, 2.75) is 45.1 Å². The van der Waals surface area contributed by atoms with Gasteiger partial charge >= 0.3 is 0 Å². The van der Waals surface area contributed by atoms with Gasteiger partial charge in [0.15, 0.2) is 0 Å². The maximum absolute atomic E-state index is 12.8. The predicted molar refractivity (Wildman–Crippen MR) is 88.5 cm³/mol. The molecule has 2 aliphatic rings. The van der Waals surface area contributed by atoms with E-state index in [1.54, 1.807) is 14.8 Å². The molecule has 0 aliphatic carbocycles. The van der Waals surface area contributed by atoms with Gasteiger partial charge in [-0.2, -0.15) is 17.0 Å². The van der Waals surface area contributed by atoms with Crippen LogP contribution >= 0.6 is 0 Å². The Bertz CT molecular complexity index is 627. The standard InChI is InChI=1S/C16H25N3O3S/c1-14-16(7-6-9-17-14)22-15-8-12-19(13-15)23(20,21)18-10-4-2-3-5-11-18/h6-7,9,15H,2-5,8,10-13H2,1H3/t15-/m0/s1. The molecule has 0 unspecified atom stereocenters. The molecule has 1 atom stereocenters. The Hall–Kier alpha value is -1.18. The number of hydrogen-bond acceptors (Lipinski definition) is 4. The molecule has 0 bridgehead atoms. The van der Waals surface area contributed by atoms with E-state index in [1.807, 2.05) is 19.1 Å². The highest BCUT2D eigenvalue weighted by atomic mass is 32.2. The Kier molecular flexibility index (Phi) is 5.18. The first-order chi connectivity index (χ1) is 11.1. The van der Waals surface area contributed by atoms with Gasteiger partial charge in [0, 0.05) is 25.8 Å². The number of rotatable bonds is 4. The summed E-state index contributed by atoms with van der Waals surface area (Å²) < 4.78 is 34.8. The molecule has 0 N–H and O–H groups in total. The monoisotopic (exact) mass is 339 g/mol. The molecule has 128 valence electrons. The summed E-state index contributed by atoms with van der Waals surface area (Å²) in [6.07, 6.45) is 6.52. The van der Waals surface area contributed by atoms with Gasteiger partial charge in [0.25, 0.3) is 10.2 Å². The molecule has 3 rings (SSSR count). The van der Waals surface area contributed by atoms with Crippen molar-refractivity contribution in [3.8, 4) is 5.75 Å². The Morgan fingerprint density at radius 2 is 1.87 bits per heavy atom. The van der Waals surface area contributed by atoms with Crippen LogP contribution in [0.5, 0.6) is 5.75 Å². The van der Waals surface area contributed by atoms with E-state index in [4.69, 9.17) is 4.74 Å². The average molecular weight is 339 g/mol. The minimum atomic E-state index is -3.35. The second kappa shape index (κ2) is 7.15. The zero-order valence-corrected chi connectivity index (χ0v) is 14.5. The normalized spacial score (nSPS) is 24.5. The molecule has 23 heavy (non-hydrogen) atoms. The smallest absolute Gasteiger partial charge is 0.282 e. The van der Waals surface area contributed by atoms with Gasteiger partial charge in [-0.3, -0.25) is 4.98 Å². The summed E-state index contributed by atoms with van der Waals surface area (Å²) in [5.74, 6) is 0.742. The van der Waals surface area contributed by atoms with Crippen LogP contribution in [0.2, 0.25) is 0 Å². The molecule has 0 saturated carbocycles. The molecule has 2 saturated heterocycles. The molecule has 0 spiro atoms. The van der Waals surface area contributed by atoms with E-state index in [1.165, 1.54) is 0 Å². The van der Waals surface area contributed by atoms with Crippen LogP contribution in [0.15, 0.2) is 18.3 Å². The Morgan fingerprint density at radius 1 is 1.13 bits per heavy atom. The highest BCUT2D eigenvalue weighted by molar-refractivity contribution is 7.86. The SMILES string of the molecule is Cc1ncccc1O[C@H]1CCN(S(=O)(=O)N2CCCCCC2)C1. The number of aromatic nitrogens is 1. The van der Waals surface area contributed by atoms with Crippen molar-refractivity contribution in [3.05, 3.63) is 24.0 Å². The number of nitrogens with zero attached hydrogens (tertiary/aromatic N) is 3. The first kappa shape index (κ1) is 16.7. The molecule has 6 nitrogen and oxygen atoms in total. The average Bonchev–Trinajstić information content (AvgIpc) is 2.83. The maximum atomic E-state index is 12.8. The maximum Gasteiger partial charge on any atom is 0.282 e. The summed E-state index contributed by atoms with van der Waals surface area (Å²) in [7, 11) is -3.35. The minimum Gasteiger partial charge on any atom is -0.487 e. The zero-order valence-electron chi connectivity index (χ0n) is 13.6. The van der Waals surface area contributed by atoms with Crippen molar-refractivity contribution in [1.82, 2.24) is 13.6 Å². The molecule has 2 aliphatic heterocycles. The van der Waals surface area contributed by atoms with Crippen molar-refractivity contribution < 1.29 is 13.2 Å². The van der Waals surface area contributed by atoms with Crippen LogP contribution < -0.4 is 4.74 Å². The van der Waals surface area contributed by atoms with Gasteiger partial charge in [-0.25, -0.2) is 0 Å². The molecule has 1 aromatic rings. The molecule has 1 aromatic heterocycles. The van der Waals surface area contributed by atoms with E-state index < -0.39 is 10.2 Å². The van der Waals surface area contributed by atoms with Gasteiger partial charge in [0.05, 0.1) is 12.2 Å². The fourth-order valence-electron chi connectivity index (χ4n) is 3.21. The summed E-state index contributed by atoms with van der Waals surface area (Å²) in [6, 6.07) is 3.72. The van der Waals surface area contributed by atoms with Crippen LogP contribution in [-0.2, 0) is 10.2 Å². The van der Waals surface area contributed by atoms with E-state index in [0.29, 0.717) is 26.2 Å². The lowest BCUT2D eigenvalue weighted by molar-refractivity contribution is 0.211. The Morgan fingerprint density at radius 3 is 2.57 bits per heavy atom. The third kappa shape index (κ3) is 3.84. The summed E-state index contributed by atoms with van der Waals surface area (Å²) in [5, 5.41) is 0. The molecule has 2 fully saturated rings. The van der Waals surface area contributed by atoms with Crippen LogP contribution in [0.1, 0.15) is 37.8 Å². The highest BCUT2D eigenvalue weighted by Gasteiger charge is 2.36. The Balaban J connectivity index is 1.63. The molecule has 0 radical (unpaired) electrons. The molecule has 3 heterocycles. The lowest BCUT2D eigenvalue weighted by atomic mass is 10.2. The fraction of sp³-hybridized carbons (Fsp3) is 0.688. The van der Waals surface area contributed by atoms with E-state index >= 15 is 0 Å². The molecular formula is C16H25N3O3S. The summed E-state index contributed by atoms with van der Waals surface area (Å²) in [4.78, 5) is 4.21. The van der Waals surface area contributed by atoms with E-state index in [0.717, 1.165) is 43.5 Å². The van der Waals surface area contributed by atoms with Crippen molar-refractivity contribution in [3.63, 3.8) is 0 Å². The van der Waals surface area contributed by atoms with Gasteiger partial charge < -0.3 is 4.74 Å². The van der Waals surface area contributed by atoms with Crippen LogP contribution in [0.4, 0.5) is 0 Å². The number of hydrogen-bond donors (Lipinski definition) is 0. The summed E-state index contributed by atoms with van der Waals surface area (Å²) in [5.41, 5.74) is 0.835. The van der Waals surface area contributed by atoms with Crippen LogP contribution in [0.25, 0.3) is 0 Å². The fourth-order valence-corrected chi connectivity index (χ4v) is 4.95. The second-order valence-corrected chi connectivity index (χ2v) is 8.22. The van der Waals surface area contributed by atoms with Gasteiger partial charge in [-0.05, 0) is 38.3 Å². The van der Waals surface area contributed by atoms with Crippen molar-refractivity contribution >= 4 is 10.2 Å². The molecular weight excluding hydrogens is 314 g/mol. The quantitative estimate of drug-likeness (QED) is 0.841. The lowest BCUT2D eigenvalue weighted by Crippen LogP contribution is -2.43. The van der Waals surface area contributed by atoms with E-state index in [9.17, 15) is 8.42 Å². The topological polar surface area (TPSA) is 62.7 Å². The largest absolute Gasteiger partial charge is 0.487 e. The third-order valence-corrected chi connectivity index (χ3v) is 6.58. The lowest BCUT2D eigenvalue weighted by Gasteiger charge is -2.26.